The molecule has 150 valence electrons. The number of hydrogen-bond acceptors (Lipinski definition) is 7. The molecule has 0 bridgehead atoms. The summed E-state index contributed by atoms with van der Waals surface area (Å²) in [5.74, 6) is -3.56. The molecule has 0 aromatic carbocycles. The zero-order valence-corrected chi connectivity index (χ0v) is 15.6. The van der Waals surface area contributed by atoms with E-state index in [1.54, 1.807) is 0 Å². The first-order valence-electron chi connectivity index (χ1n) is 8.22. The van der Waals surface area contributed by atoms with Crippen molar-refractivity contribution in [3.8, 4) is 0 Å². The fraction of sp³-hybridized carbons (Fsp3) is 0.733. The number of carboxylic acids is 2. The lowest BCUT2D eigenvalue weighted by Gasteiger charge is -2.22. The SMILES string of the molecule is CSCCC(NC(=O)C(N)CCCCN)C(=O)NC(CC(=O)O)C(=O)O. The van der Waals surface area contributed by atoms with Gasteiger partial charge in [-0.2, -0.15) is 11.8 Å². The first-order chi connectivity index (χ1) is 12.2. The normalized spacial score (nSPS) is 14.1. The van der Waals surface area contributed by atoms with E-state index < -0.39 is 48.3 Å². The van der Waals surface area contributed by atoms with E-state index in [2.05, 4.69) is 10.6 Å². The molecule has 11 heteroatoms. The molecular weight excluding hydrogens is 364 g/mol. The Bertz CT molecular complexity index is 491. The van der Waals surface area contributed by atoms with Gasteiger partial charge in [-0.1, -0.05) is 6.42 Å². The van der Waals surface area contributed by atoms with Gasteiger partial charge in [0.25, 0.3) is 0 Å². The molecular formula is C15H28N4O6S. The second-order valence-electron chi connectivity index (χ2n) is 5.73. The van der Waals surface area contributed by atoms with E-state index in [9.17, 15) is 19.2 Å². The second-order valence-corrected chi connectivity index (χ2v) is 6.72. The van der Waals surface area contributed by atoms with Crippen molar-refractivity contribution in [1.29, 1.82) is 0 Å². The van der Waals surface area contributed by atoms with Gasteiger partial charge in [0.15, 0.2) is 0 Å². The fourth-order valence-electron chi connectivity index (χ4n) is 2.07. The van der Waals surface area contributed by atoms with Crippen molar-refractivity contribution in [3.05, 3.63) is 0 Å². The number of rotatable bonds is 14. The fourth-order valence-corrected chi connectivity index (χ4v) is 2.54. The quantitative estimate of drug-likeness (QED) is 0.196. The summed E-state index contributed by atoms with van der Waals surface area (Å²) in [6, 6.07) is -3.38. The zero-order chi connectivity index (χ0) is 20.1. The minimum absolute atomic E-state index is 0.258. The molecule has 3 unspecified atom stereocenters. The molecule has 3 atom stereocenters. The van der Waals surface area contributed by atoms with E-state index in [0.717, 1.165) is 6.42 Å². The number of carbonyl (C=O) groups excluding carboxylic acids is 2. The van der Waals surface area contributed by atoms with Crippen LogP contribution >= 0.6 is 11.8 Å². The maximum atomic E-state index is 12.3. The molecule has 10 nitrogen and oxygen atoms in total. The van der Waals surface area contributed by atoms with Gasteiger partial charge in [-0.05, 0) is 37.8 Å². The Morgan fingerprint density at radius 3 is 2.12 bits per heavy atom. The Kier molecular flexibility index (Phi) is 12.4. The van der Waals surface area contributed by atoms with E-state index in [0.29, 0.717) is 25.1 Å². The molecule has 0 aliphatic carbocycles. The number of amides is 2. The third-order valence-corrected chi connectivity index (χ3v) is 4.19. The number of nitrogens with two attached hydrogens (primary N) is 2. The lowest BCUT2D eigenvalue weighted by atomic mass is 10.1. The second kappa shape index (κ2) is 13.4. The van der Waals surface area contributed by atoms with E-state index in [1.165, 1.54) is 11.8 Å². The van der Waals surface area contributed by atoms with Crippen LogP contribution in [0.15, 0.2) is 0 Å². The van der Waals surface area contributed by atoms with Crippen LogP contribution in [0.4, 0.5) is 0 Å². The van der Waals surface area contributed by atoms with Crippen LogP contribution in [0.5, 0.6) is 0 Å². The van der Waals surface area contributed by atoms with Gasteiger partial charge in [0.2, 0.25) is 11.8 Å². The summed E-state index contributed by atoms with van der Waals surface area (Å²) < 4.78 is 0. The van der Waals surface area contributed by atoms with Crippen molar-refractivity contribution in [2.24, 2.45) is 11.5 Å². The third-order valence-electron chi connectivity index (χ3n) is 3.54. The van der Waals surface area contributed by atoms with Crippen molar-refractivity contribution in [3.63, 3.8) is 0 Å². The minimum atomic E-state index is -1.58. The Balaban J connectivity index is 4.88. The van der Waals surface area contributed by atoms with Gasteiger partial charge in [-0.15, -0.1) is 0 Å². The highest BCUT2D eigenvalue weighted by atomic mass is 32.2. The lowest BCUT2D eigenvalue weighted by Crippen LogP contribution is -2.54. The molecule has 0 aromatic heterocycles. The van der Waals surface area contributed by atoms with Gasteiger partial charge in [0, 0.05) is 0 Å². The van der Waals surface area contributed by atoms with E-state index in [4.69, 9.17) is 21.7 Å². The van der Waals surface area contributed by atoms with Crippen LogP contribution < -0.4 is 22.1 Å². The molecule has 0 aliphatic heterocycles. The molecule has 0 aromatic rings. The number of unbranched alkanes of at least 4 members (excludes halogenated alkanes) is 1. The molecule has 8 N–H and O–H groups in total. The largest absolute Gasteiger partial charge is 0.481 e. The summed E-state index contributed by atoms with van der Waals surface area (Å²) in [5, 5.41) is 22.4. The average molecular weight is 392 g/mol. The van der Waals surface area contributed by atoms with Crippen molar-refractivity contribution < 1.29 is 29.4 Å². The maximum absolute atomic E-state index is 12.3. The highest BCUT2D eigenvalue weighted by molar-refractivity contribution is 7.98. The van der Waals surface area contributed by atoms with Gasteiger partial charge in [-0.3, -0.25) is 14.4 Å². The first kappa shape index (κ1) is 24.1. The number of carbonyl (C=O) groups is 4. The minimum Gasteiger partial charge on any atom is -0.481 e. The molecule has 0 heterocycles. The van der Waals surface area contributed by atoms with Crippen molar-refractivity contribution >= 4 is 35.5 Å². The van der Waals surface area contributed by atoms with E-state index >= 15 is 0 Å². The lowest BCUT2D eigenvalue weighted by molar-refractivity contribution is -0.147. The predicted molar refractivity (Wildman–Crippen MR) is 97.6 cm³/mol. The Hall–Kier alpha value is -1.85. The van der Waals surface area contributed by atoms with Crippen molar-refractivity contribution in [2.45, 2.75) is 50.2 Å². The Morgan fingerprint density at radius 2 is 1.62 bits per heavy atom. The average Bonchev–Trinajstić information content (AvgIpc) is 2.57. The molecule has 0 fully saturated rings. The summed E-state index contributed by atoms with van der Waals surface area (Å²) in [5.41, 5.74) is 11.2. The Morgan fingerprint density at radius 1 is 1.00 bits per heavy atom. The van der Waals surface area contributed by atoms with Gasteiger partial charge in [-0.25, -0.2) is 4.79 Å². The molecule has 0 saturated heterocycles. The molecule has 0 radical (unpaired) electrons. The zero-order valence-electron chi connectivity index (χ0n) is 14.8. The smallest absolute Gasteiger partial charge is 0.326 e. The van der Waals surface area contributed by atoms with Crippen LogP contribution in [0.3, 0.4) is 0 Å². The Labute approximate surface area is 156 Å². The summed E-state index contributed by atoms with van der Waals surface area (Å²) in [7, 11) is 0. The number of carboxylic acid groups (broad SMARTS) is 2. The van der Waals surface area contributed by atoms with Crippen molar-refractivity contribution in [2.75, 3.05) is 18.6 Å². The summed E-state index contributed by atoms with van der Waals surface area (Å²) >= 11 is 1.45. The van der Waals surface area contributed by atoms with Gasteiger partial charge < -0.3 is 32.3 Å². The van der Waals surface area contributed by atoms with Crippen LogP contribution in [0.1, 0.15) is 32.1 Å². The van der Waals surface area contributed by atoms with Crippen LogP contribution in [-0.4, -0.2) is 70.6 Å². The van der Waals surface area contributed by atoms with Crippen LogP contribution in [0, 0.1) is 0 Å². The molecule has 2 amide bonds. The molecule has 0 saturated carbocycles. The van der Waals surface area contributed by atoms with Crippen LogP contribution in [0.2, 0.25) is 0 Å². The van der Waals surface area contributed by atoms with Crippen LogP contribution in [-0.2, 0) is 19.2 Å². The highest BCUT2D eigenvalue weighted by Gasteiger charge is 2.28. The van der Waals surface area contributed by atoms with E-state index in [-0.39, 0.29) is 6.42 Å². The predicted octanol–water partition coefficient (Wildman–Crippen LogP) is -1.28. The summed E-state index contributed by atoms with van der Waals surface area (Å²) in [6.07, 6.45) is 3.13. The third kappa shape index (κ3) is 10.2. The standard InChI is InChI=1S/C15H28N4O6S/c1-26-7-5-10(18-13(22)9(17)4-2-3-6-16)14(23)19-11(15(24)25)8-12(20)21/h9-11H,2-8,16-17H2,1H3,(H,18,22)(H,19,23)(H,20,21)(H,24,25). The van der Waals surface area contributed by atoms with Gasteiger partial charge in [0.1, 0.15) is 12.1 Å². The summed E-state index contributed by atoms with van der Waals surface area (Å²) in [6.45, 7) is 0.493. The van der Waals surface area contributed by atoms with Gasteiger partial charge in [0.05, 0.1) is 12.5 Å². The number of aliphatic carboxylic acids is 2. The van der Waals surface area contributed by atoms with Crippen LogP contribution in [0.25, 0.3) is 0 Å². The topological polar surface area (TPSA) is 185 Å². The van der Waals surface area contributed by atoms with Gasteiger partial charge >= 0.3 is 11.9 Å². The molecule has 26 heavy (non-hydrogen) atoms. The molecule has 0 rings (SSSR count). The molecule has 0 aliphatic rings. The molecule has 0 spiro atoms. The van der Waals surface area contributed by atoms with E-state index in [1.807, 2.05) is 6.26 Å². The number of thioether (sulfide) groups is 1. The highest BCUT2D eigenvalue weighted by Crippen LogP contribution is 2.05. The summed E-state index contributed by atoms with van der Waals surface area (Å²) in [4.78, 5) is 46.3. The maximum Gasteiger partial charge on any atom is 0.326 e. The van der Waals surface area contributed by atoms with Crippen molar-refractivity contribution in [1.82, 2.24) is 10.6 Å². The first-order valence-corrected chi connectivity index (χ1v) is 9.62. The monoisotopic (exact) mass is 392 g/mol. The number of nitrogens with one attached hydrogen (secondary N) is 2. The number of hydrogen-bond donors (Lipinski definition) is 6.